The zero-order valence-electron chi connectivity index (χ0n) is 15.4. The van der Waals surface area contributed by atoms with Gasteiger partial charge in [0.25, 0.3) is 10.0 Å². The predicted molar refractivity (Wildman–Crippen MR) is 107 cm³/mol. The summed E-state index contributed by atoms with van der Waals surface area (Å²) in [6.45, 7) is 3.46. The van der Waals surface area contributed by atoms with E-state index in [1.54, 1.807) is 48.5 Å². The minimum Gasteiger partial charge on any atom is -0.325 e. The Hall–Kier alpha value is -2.54. The average Bonchev–Trinajstić information content (AvgIpc) is 2.93. The number of aryl methyl sites for hydroxylation is 1. The van der Waals surface area contributed by atoms with Crippen molar-refractivity contribution in [2.45, 2.75) is 37.5 Å². The van der Waals surface area contributed by atoms with Crippen LogP contribution in [0.4, 0.5) is 16.2 Å². The molecular weight excluding hydrogens is 362 g/mol. The zero-order chi connectivity index (χ0) is 19.3. The largest absolute Gasteiger partial charge is 0.325 e. The first-order valence-corrected chi connectivity index (χ1v) is 10.7. The molecule has 3 rings (SSSR count). The molecule has 2 N–H and O–H groups in total. The highest BCUT2D eigenvalue weighted by Gasteiger charge is 2.16. The lowest BCUT2D eigenvalue weighted by Gasteiger charge is -2.20. The third kappa shape index (κ3) is 5.23. The molecule has 2 aromatic carbocycles. The number of benzene rings is 2. The summed E-state index contributed by atoms with van der Waals surface area (Å²) in [7, 11) is -3.63. The predicted octanol–water partition coefficient (Wildman–Crippen LogP) is 4.20. The van der Waals surface area contributed by atoms with E-state index in [0.29, 0.717) is 11.4 Å². The maximum absolute atomic E-state index is 12.4. The molecule has 0 aliphatic carbocycles. The Balaban J connectivity index is 1.63. The van der Waals surface area contributed by atoms with Gasteiger partial charge in [0.2, 0.25) is 0 Å². The smallest absolute Gasteiger partial charge is 0.321 e. The second kappa shape index (κ2) is 8.43. The molecule has 1 heterocycles. The second-order valence-corrected chi connectivity index (χ2v) is 8.51. The van der Waals surface area contributed by atoms with E-state index < -0.39 is 10.0 Å². The molecule has 1 saturated heterocycles. The Morgan fingerprint density at radius 1 is 0.852 bits per heavy atom. The summed E-state index contributed by atoms with van der Waals surface area (Å²) in [5.41, 5.74) is 2.09. The van der Waals surface area contributed by atoms with E-state index in [1.165, 1.54) is 12.8 Å². The van der Waals surface area contributed by atoms with Gasteiger partial charge in [0.05, 0.1) is 4.90 Å². The summed E-state index contributed by atoms with van der Waals surface area (Å²) < 4.78 is 27.4. The number of urea groups is 1. The van der Waals surface area contributed by atoms with E-state index in [2.05, 4.69) is 10.0 Å². The standard InChI is InChI=1S/C20H25N3O3S/c1-16-6-12-19(13-7-16)27(25,26)22-18-10-8-17(9-11-18)21-20(24)23-14-4-2-3-5-15-23/h6-13,22H,2-5,14-15H2,1H3,(H,21,24). The van der Waals surface area contributed by atoms with Gasteiger partial charge < -0.3 is 10.2 Å². The Kier molecular flexibility index (Phi) is 6.01. The molecule has 27 heavy (non-hydrogen) atoms. The number of hydrogen-bond acceptors (Lipinski definition) is 3. The molecule has 0 unspecified atom stereocenters. The second-order valence-electron chi connectivity index (χ2n) is 6.83. The van der Waals surface area contributed by atoms with Crippen LogP contribution in [0.25, 0.3) is 0 Å². The highest BCUT2D eigenvalue weighted by Crippen LogP contribution is 2.19. The van der Waals surface area contributed by atoms with Gasteiger partial charge in [-0.2, -0.15) is 0 Å². The molecule has 1 fully saturated rings. The minimum absolute atomic E-state index is 0.107. The van der Waals surface area contributed by atoms with Gasteiger partial charge in [-0.15, -0.1) is 0 Å². The van der Waals surface area contributed by atoms with Crippen LogP contribution in [0.15, 0.2) is 53.4 Å². The lowest BCUT2D eigenvalue weighted by molar-refractivity contribution is 0.214. The number of rotatable bonds is 4. The molecule has 1 aliphatic heterocycles. The summed E-state index contributed by atoms with van der Waals surface area (Å²) in [6.07, 6.45) is 4.40. The Morgan fingerprint density at radius 2 is 1.41 bits per heavy atom. The first kappa shape index (κ1) is 19.2. The van der Waals surface area contributed by atoms with Crippen molar-refractivity contribution in [3.05, 3.63) is 54.1 Å². The number of amides is 2. The third-order valence-electron chi connectivity index (χ3n) is 4.61. The number of hydrogen-bond donors (Lipinski definition) is 2. The van der Waals surface area contributed by atoms with Crippen LogP contribution in [0.2, 0.25) is 0 Å². The number of sulfonamides is 1. The molecule has 6 nitrogen and oxygen atoms in total. The topological polar surface area (TPSA) is 78.5 Å². The van der Waals surface area contributed by atoms with Crippen molar-refractivity contribution in [2.75, 3.05) is 23.1 Å². The molecular formula is C20H25N3O3S. The van der Waals surface area contributed by atoms with Crippen molar-refractivity contribution in [1.82, 2.24) is 4.90 Å². The fourth-order valence-corrected chi connectivity index (χ4v) is 4.09. The van der Waals surface area contributed by atoms with Crippen LogP contribution in [-0.2, 0) is 10.0 Å². The van der Waals surface area contributed by atoms with Gasteiger partial charge in [-0.1, -0.05) is 30.5 Å². The first-order chi connectivity index (χ1) is 12.9. The average molecular weight is 388 g/mol. The fraction of sp³-hybridized carbons (Fsp3) is 0.350. The fourth-order valence-electron chi connectivity index (χ4n) is 3.03. The van der Waals surface area contributed by atoms with E-state index >= 15 is 0 Å². The van der Waals surface area contributed by atoms with Crippen molar-refractivity contribution in [2.24, 2.45) is 0 Å². The van der Waals surface area contributed by atoms with Gasteiger partial charge in [0.1, 0.15) is 0 Å². The van der Waals surface area contributed by atoms with Gasteiger partial charge in [0.15, 0.2) is 0 Å². The Bertz CT molecular complexity index is 870. The molecule has 0 bridgehead atoms. The number of anilines is 2. The summed E-state index contributed by atoms with van der Waals surface area (Å²) in [4.78, 5) is 14.4. The van der Waals surface area contributed by atoms with Crippen LogP contribution in [0.3, 0.4) is 0 Å². The van der Waals surface area contributed by atoms with Crippen LogP contribution in [0.5, 0.6) is 0 Å². The van der Waals surface area contributed by atoms with Crippen molar-refractivity contribution < 1.29 is 13.2 Å². The molecule has 1 aliphatic rings. The molecule has 2 aromatic rings. The van der Waals surface area contributed by atoms with E-state index in [4.69, 9.17) is 0 Å². The van der Waals surface area contributed by atoms with Crippen LogP contribution < -0.4 is 10.0 Å². The molecule has 2 amide bonds. The maximum Gasteiger partial charge on any atom is 0.321 e. The number of nitrogens with one attached hydrogen (secondary N) is 2. The molecule has 0 atom stereocenters. The van der Waals surface area contributed by atoms with Crippen LogP contribution in [0, 0.1) is 6.92 Å². The van der Waals surface area contributed by atoms with E-state index in [-0.39, 0.29) is 10.9 Å². The van der Waals surface area contributed by atoms with Gasteiger partial charge >= 0.3 is 6.03 Å². The number of likely N-dealkylation sites (tertiary alicyclic amines) is 1. The van der Waals surface area contributed by atoms with Crippen molar-refractivity contribution in [3.8, 4) is 0 Å². The Labute approximate surface area is 160 Å². The molecule has 144 valence electrons. The van der Waals surface area contributed by atoms with E-state index in [0.717, 1.165) is 31.5 Å². The van der Waals surface area contributed by atoms with E-state index in [9.17, 15) is 13.2 Å². The Morgan fingerprint density at radius 3 is 2.00 bits per heavy atom. The SMILES string of the molecule is Cc1ccc(S(=O)(=O)Nc2ccc(NC(=O)N3CCCCCC3)cc2)cc1. The third-order valence-corrected chi connectivity index (χ3v) is 6.01. The van der Waals surface area contributed by atoms with Gasteiger partial charge in [-0.05, 0) is 56.2 Å². The minimum atomic E-state index is -3.63. The quantitative estimate of drug-likeness (QED) is 0.825. The summed E-state index contributed by atoms with van der Waals surface area (Å²) in [6, 6.07) is 13.2. The molecule has 0 aromatic heterocycles. The number of carbonyl (C=O) groups excluding carboxylic acids is 1. The highest BCUT2D eigenvalue weighted by atomic mass is 32.2. The zero-order valence-corrected chi connectivity index (χ0v) is 16.3. The van der Waals surface area contributed by atoms with Crippen LogP contribution >= 0.6 is 0 Å². The summed E-state index contributed by atoms with van der Waals surface area (Å²) in [5.74, 6) is 0. The number of carbonyl (C=O) groups is 1. The number of nitrogens with zero attached hydrogens (tertiary/aromatic N) is 1. The first-order valence-electron chi connectivity index (χ1n) is 9.19. The van der Waals surface area contributed by atoms with Crippen molar-refractivity contribution in [3.63, 3.8) is 0 Å². The lowest BCUT2D eigenvalue weighted by Crippen LogP contribution is -2.35. The van der Waals surface area contributed by atoms with Crippen molar-refractivity contribution in [1.29, 1.82) is 0 Å². The lowest BCUT2D eigenvalue weighted by atomic mass is 10.2. The summed E-state index contributed by atoms with van der Waals surface area (Å²) >= 11 is 0. The molecule has 0 saturated carbocycles. The van der Waals surface area contributed by atoms with Gasteiger partial charge in [-0.25, -0.2) is 13.2 Å². The monoisotopic (exact) mass is 387 g/mol. The van der Waals surface area contributed by atoms with Crippen LogP contribution in [-0.4, -0.2) is 32.4 Å². The van der Waals surface area contributed by atoms with Crippen molar-refractivity contribution >= 4 is 27.4 Å². The molecule has 7 heteroatoms. The molecule has 0 radical (unpaired) electrons. The van der Waals surface area contributed by atoms with Gasteiger partial charge in [0, 0.05) is 24.5 Å². The van der Waals surface area contributed by atoms with Crippen LogP contribution in [0.1, 0.15) is 31.2 Å². The highest BCUT2D eigenvalue weighted by molar-refractivity contribution is 7.92. The summed E-state index contributed by atoms with van der Waals surface area (Å²) in [5, 5.41) is 2.88. The van der Waals surface area contributed by atoms with Gasteiger partial charge in [-0.3, -0.25) is 4.72 Å². The molecule has 0 spiro atoms. The van der Waals surface area contributed by atoms with E-state index in [1.807, 2.05) is 11.8 Å². The maximum atomic E-state index is 12.4. The normalized spacial score (nSPS) is 15.1.